The summed E-state index contributed by atoms with van der Waals surface area (Å²) in [6.07, 6.45) is 0. The predicted octanol–water partition coefficient (Wildman–Crippen LogP) is 4.10. The third-order valence-corrected chi connectivity index (χ3v) is 5.32. The topological polar surface area (TPSA) is 97.1 Å². The number of amides is 2. The van der Waals surface area contributed by atoms with Gasteiger partial charge >= 0.3 is 0 Å². The average Bonchev–Trinajstić information content (AvgIpc) is 2.95. The molecule has 1 atom stereocenters. The molecule has 2 aromatic heterocycles. The lowest BCUT2D eigenvalue weighted by molar-refractivity contribution is -0.120. The molecule has 0 saturated carbocycles. The second-order valence-corrected chi connectivity index (χ2v) is 8.37. The van der Waals surface area contributed by atoms with Gasteiger partial charge in [-0.1, -0.05) is 30.0 Å². The maximum Gasteiger partial charge on any atom is 0.256 e. The highest BCUT2D eigenvalue weighted by molar-refractivity contribution is 8.00. The van der Waals surface area contributed by atoms with Crippen LogP contribution in [-0.2, 0) is 4.79 Å². The summed E-state index contributed by atoms with van der Waals surface area (Å²) in [6.45, 7) is 9.34. The van der Waals surface area contributed by atoms with E-state index in [1.165, 1.54) is 11.8 Å². The SMILES string of the molecule is Cc1oc2nc(S[C@@H](C)C(=O)NC(C)C)nc(NC(=O)c3ccccc3)c2c1C. The van der Waals surface area contributed by atoms with E-state index in [4.69, 9.17) is 4.42 Å². The van der Waals surface area contributed by atoms with Crippen molar-refractivity contribution in [3.8, 4) is 0 Å². The zero-order valence-corrected chi connectivity index (χ0v) is 17.9. The second kappa shape index (κ2) is 8.65. The second-order valence-electron chi connectivity index (χ2n) is 7.06. The van der Waals surface area contributed by atoms with Gasteiger partial charge in [0.1, 0.15) is 11.6 Å². The van der Waals surface area contributed by atoms with Crippen LogP contribution >= 0.6 is 11.8 Å². The van der Waals surface area contributed by atoms with Crippen molar-refractivity contribution in [1.82, 2.24) is 15.3 Å². The highest BCUT2D eigenvalue weighted by atomic mass is 32.2. The number of thioether (sulfide) groups is 1. The van der Waals surface area contributed by atoms with Crippen LogP contribution < -0.4 is 10.6 Å². The number of nitrogens with one attached hydrogen (secondary N) is 2. The molecule has 0 aliphatic carbocycles. The standard InChI is InChI=1S/C21H24N4O3S/c1-11(2)22-18(26)14(5)29-21-24-17(16-12(3)13(4)28-20(16)25-21)23-19(27)15-9-7-6-8-10-15/h6-11,14H,1-5H3,(H,22,26)(H,23,24,25,27)/t14-/m0/s1. The van der Waals surface area contributed by atoms with E-state index >= 15 is 0 Å². The van der Waals surface area contributed by atoms with Crippen LogP contribution in [0.2, 0.25) is 0 Å². The van der Waals surface area contributed by atoms with Crippen LogP contribution in [0.25, 0.3) is 11.1 Å². The van der Waals surface area contributed by atoms with Crippen molar-refractivity contribution in [1.29, 1.82) is 0 Å². The molecule has 1 aromatic carbocycles. The zero-order chi connectivity index (χ0) is 21.1. The molecular weight excluding hydrogens is 388 g/mol. The van der Waals surface area contributed by atoms with Crippen LogP contribution in [0.4, 0.5) is 5.82 Å². The van der Waals surface area contributed by atoms with Gasteiger partial charge in [0.15, 0.2) is 5.16 Å². The Morgan fingerprint density at radius 2 is 1.76 bits per heavy atom. The number of aromatic nitrogens is 2. The van der Waals surface area contributed by atoms with E-state index in [0.29, 0.717) is 33.4 Å². The van der Waals surface area contributed by atoms with Gasteiger partial charge in [-0.3, -0.25) is 9.59 Å². The van der Waals surface area contributed by atoms with E-state index in [0.717, 1.165) is 5.56 Å². The van der Waals surface area contributed by atoms with Crippen LogP contribution in [0.3, 0.4) is 0 Å². The monoisotopic (exact) mass is 412 g/mol. The first kappa shape index (κ1) is 20.9. The number of aryl methyl sites for hydroxylation is 2. The largest absolute Gasteiger partial charge is 0.443 e. The minimum atomic E-state index is -0.398. The van der Waals surface area contributed by atoms with Crippen molar-refractivity contribution in [3.05, 3.63) is 47.2 Å². The van der Waals surface area contributed by atoms with Gasteiger partial charge in [0.25, 0.3) is 5.91 Å². The summed E-state index contributed by atoms with van der Waals surface area (Å²) in [4.78, 5) is 33.9. The van der Waals surface area contributed by atoms with Crippen molar-refractivity contribution in [3.63, 3.8) is 0 Å². The number of anilines is 1. The Hall–Kier alpha value is -2.87. The highest BCUT2D eigenvalue weighted by Crippen LogP contribution is 2.32. The summed E-state index contributed by atoms with van der Waals surface area (Å²) >= 11 is 1.22. The molecule has 2 N–H and O–H groups in total. The van der Waals surface area contributed by atoms with Gasteiger partial charge in [0, 0.05) is 17.2 Å². The smallest absolute Gasteiger partial charge is 0.256 e. The molecule has 152 valence electrons. The van der Waals surface area contributed by atoms with Crippen LogP contribution in [-0.4, -0.2) is 33.1 Å². The van der Waals surface area contributed by atoms with Gasteiger partial charge < -0.3 is 15.1 Å². The Morgan fingerprint density at radius 1 is 1.07 bits per heavy atom. The van der Waals surface area contributed by atoms with Crippen molar-refractivity contribution in [2.75, 3.05) is 5.32 Å². The summed E-state index contributed by atoms with van der Waals surface area (Å²) in [5.74, 6) is 0.704. The number of carbonyl (C=O) groups is 2. The predicted molar refractivity (Wildman–Crippen MR) is 114 cm³/mol. The Balaban J connectivity index is 1.95. The lowest BCUT2D eigenvalue weighted by atomic mass is 10.2. The number of carbonyl (C=O) groups excluding carboxylic acids is 2. The van der Waals surface area contributed by atoms with Gasteiger partial charge in [0.2, 0.25) is 11.6 Å². The first-order chi connectivity index (χ1) is 13.8. The minimum absolute atomic E-state index is 0.0463. The fourth-order valence-corrected chi connectivity index (χ4v) is 3.53. The first-order valence-electron chi connectivity index (χ1n) is 9.37. The minimum Gasteiger partial charge on any atom is -0.443 e. The van der Waals surface area contributed by atoms with Gasteiger partial charge in [0.05, 0.1) is 10.6 Å². The molecule has 8 heteroatoms. The lowest BCUT2D eigenvalue weighted by Crippen LogP contribution is -2.35. The van der Waals surface area contributed by atoms with E-state index in [2.05, 4.69) is 20.6 Å². The summed E-state index contributed by atoms with van der Waals surface area (Å²) < 4.78 is 5.76. The summed E-state index contributed by atoms with van der Waals surface area (Å²) in [5, 5.41) is 6.37. The van der Waals surface area contributed by atoms with Crippen molar-refractivity contribution < 1.29 is 14.0 Å². The molecule has 3 aromatic rings. The van der Waals surface area contributed by atoms with E-state index in [1.807, 2.05) is 33.8 Å². The van der Waals surface area contributed by atoms with Gasteiger partial charge in [-0.15, -0.1) is 0 Å². The molecule has 2 heterocycles. The number of furan rings is 1. The lowest BCUT2D eigenvalue weighted by Gasteiger charge is -2.14. The maximum atomic E-state index is 12.7. The van der Waals surface area contributed by atoms with Crippen LogP contribution in [0.15, 0.2) is 39.9 Å². The van der Waals surface area contributed by atoms with E-state index in [9.17, 15) is 9.59 Å². The number of fused-ring (bicyclic) bond motifs is 1. The third-order valence-electron chi connectivity index (χ3n) is 4.36. The number of hydrogen-bond acceptors (Lipinski definition) is 6. The number of rotatable bonds is 6. The fraction of sp³-hybridized carbons (Fsp3) is 0.333. The molecule has 0 spiro atoms. The van der Waals surface area contributed by atoms with Gasteiger partial charge in [-0.25, -0.2) is 4.98 Å². The van der Waals surface area contributed by atoms with Gasteiger partial charge in [-0.2, -0.15) is 4.98 Å². The highest BCUT2D eigenvalue weighted by Gasteiger charge is 2.22. The Labute approximate surface area is 173 Å². The number of benzene rings is 1. The average molecular weight is 413 g/mol. The third kappa shape index (κ3) is 4.76. The first-order valence-corrected chi connectivity index (χ1v) is 10.3. The molecule has 0 unspecified atom stereocenters. The van der Waals surface area contributed by atoms with E-state index in [-0.39, 0.29) is 17.9 Å². The normalized spacial score (nSPS) is 12.2. The molecular formula is C21H24N4O3S. The molecule has 0 saturated heterocycles. The summed E-state index contributed by atoms with van der Waals surface area (Å²) in [5.41, 5.74) is 1.78. The number of hydrogen-bond donors (Lipinski definition) is 2. The molecule has 7 nitrogen and oxygen atoms in total. The Morgan fingerprint density at radius 3 is 2.41 bits per heavy atom. The zero-order valence-electron chi connectivity index (χ0n) is 17.1. The molecule has 2 amide bonds. The maximum absolute atomic E-state index is 12.7. The molecule has 29 heavy (non-hydrogen) atoms. The van der Waals surface area contributed by atoms with E-state index < -0.39 is 5.25 Å². The van der Waals surface area contributed by atoms with E-state index in [1.54, 1.807) is 31.2 Å². The van der Waals surface area contributed by atoms with Crippen molar-refractivity contribution in [2.24, 2.45) is 0 Å². The molecule has 0 bridgehead atoms. The number of nitrogens with zero attached hydrogens (tertiary/aromatic N) is 2. The molecule has 0 aliphatic heterocycles. The molecule has 0 radical (unpaired) electrons. The van der Waals surface area contributed by atoms with Crippen LogP contribution in [0, 0.1) is 13.8 Å². The van der Waals surface area contributed by atoms with Crippen LogP contribution in [0.1, 0.15) is 42.5 Å². The van der Waals surface area contributed by atoms with Gasteiger partial charge in [-0.05, 0) is 46.8 Å². The van der Waals surface area contributed by atoms with Crippen molar-refractivity contribution in [2.45, 2.75) is 51.1 Å². The molecule has 3 rings (SSSR count). The molecule has 0 aliphatic rings. The quantitative estimate of drug-likeness (QED) is 0.467. The Kier molecular flexibility index (Phi) is 6.22. The Bertz CT molecular complexity index is 1050. The van der Waals surface area contributed by atoms with Crippen LogP contribution in [0.5, 0.6) is 0 Å². The summed E-state index contributed by atoms with van der Waals surface area (Å²) in [7, 11) is 0. The molecule has 0 fully saturated rings. The summed E-state index contributed by atoms with van der Waals surface area (Å²) in [6, 6.07) is 8.96. The van der Waals surface area contributed by atoms with Crippen molar-refractivity contribution >= 4 is 40.5 Å². The fourth-order valence-electron chi connectivity index (χ4n) is 2.76.